The first-order valence-corrected chi connectivity index (χ1v) is 7.92. The van der Waals surface area contributed by atoms with E-state index in [9.17, 15) is 5.11 Å². The molecular formula is C18H24N2O. The third-order valence-corrected chi connectivity index (χ3v) is 4.48. The molecule has 3 heteroatoms. The Morgan fingerprint density at radius 1 is 1.14 bits per heavy atom. The minimum absolute atomic E-state index is 0.164. The van der Waals surface area contributed by atoms with Crippen molar-refractivity contribution < 1.29 is 5.11 Å². The molecule has 2 aromatic carbocycles. The maximum Gasteiger partial charge on any atom is 0.128 e. The maximum atomic E-state index is 10.5. The van der Waals surface area contributed by atoms with Gasteiger partial charge in [0.25, 0.3) is 0 Å². The molecule has 21 heavy (non-hydrogen) atoms. The Hall–Kier alpha value is -1.58. The summed E-state index contributed by atoms with van der Waals surface area (Å²) in [6.07, 6.45) is 2.67. The quantitative estimate of drug-likeness (QED) is 0.884. The fourth-order valence-electron chi connectivity index (χ4n) is 3.18. The smallest absolute Gasteiger partial charge is 0.128 e. The monoisotopic (exact) mass is 284 g/mol. The van der Waals surface area contributed by atoms with E-state index in [1.54, 1.807) is 0 Å². The Morgan fingerprint density at radius 3 is 2.71 bits per heavy atom. The van der Waals surface area contributed by atoms with Crippen LogP contribution in [-0.2, 0) is 0 Å². The largest absolute Gasteiger partial charge is 0.507 e. The number of hydrogen-bond acceptors (Lipinski definition) is 3. The van der Waals surface area contributed by atoms with E-state index in [0.717, 1.165) is 29.4 Å². The SMILES string of the molecule is CC(NCCN1CCCC1)c1ccc2ccccc2c1O. The van der Waals surface area contributed by atoms with Gasteiger partial charge in [-0.15, -0.1) is 0 Å². The van der Waals surface area contributed by atoms with E-state index in [0.29, 0.717) is 5.75 Å². The summed E-state index contributed by atoms with van der Waals surface area (Å²) in [4.78, 5) is 2.50. The number of nitrogens with zero attached hydrogens (tertiary/aromatic N) is 1. The van der Waals surface area contributed by atoms with Crippen LogP contribution in [0, 0.1) is 0 Å². The normalized spacial score (nSPS) is 17.4. The molecule has 0 spiro atoms. The third kappa shape index (κ3) is 3.20. The number of aromatic hydroxyl groups is 1. The first kappa shape index (κ1) is 14.4. The Balaban J connectivity index is 1.66. The fraction of sp³-hybridized carbons (Fsp3) is 0.444. The molecule has 1 aliphatic heterocycles. The summed E-state index contributed by atoms with van der Waals surface area (Å²) in [5, 5.41) is 16.0. The predicted octanol–water partition coefficient (Wildman–Crippen LogP) is 3.29. The van der Waals surface area contributed by atoms with Crippen molar-refractivity contribution in [3.63, 3.8) is 0 Å². The topological polar surface area (TPSA) is 35.5 Å². The number of benzene rings is 2. The number of nitrogens with one attached hydrogen (secondary N) is 1. The van der Waals surface area contributed by atoms with E-state index in [4.69, 9.17) is 0 Å². The van der Waals surface area contributed by atoms with E-state index >= 15 is 0 Å². The number of hydrogen-bond donors (Lipinski definition) is 2. The van der Waals surface area contributed by atoms with Gasteiger partial charge in [0.2, 0.25) is 0 Å². The summed E-state index contributed by atoms with van der Waals surface area (Å²) >= 11 is 0. The van der Waals surface area contributed by atoms with Gasteiger partial charge in [-0.1, -0.05) is 36.4 Å². The van der Waals surface area contributed by atoms with Crippen molar-refractivity contribution >= 4 is 10.8 Å². The fourth-order valence-corrected chi connectivity index (χ4v) is 3.18. The highest BCUT2D eigenvalue weighted by atomic mass is 16.3. The van der Waals surface area contributed by atoms with Crippen molar-refractivity contribution in [3.05, 3.63) is 42.0 Å². The van der Waals surface area contributed by atoms with Crippen LogP contribution >= 0.6 is 0 Å². The summed E-state index contributed by atoms with van der Waals surface area (Å²) in [6.45, 7) is 6.65. The standard InChI is InChI=1S/C18H24N2O/c1-14(19-10-13-20-11-4-5-12-20)16-9-8-15-6-2-3-7-17(15)18(16)21/h2-3,6-9,14,19,21H,4-5,10-13H2,1H3. The number of phenols is 1. The van der Waals surface area contributed by atoms with Gasteiger partial charge < -0.3 is 15.3 Å². The summed E-state index contributed by atoms with van der Waals surface area (Å²) in [6, 6.07) is 12.3. The number of phenolic OH excluding ortho intramolecular Hbond substituents is 1. The second kappa shape index (κ2) is 6.46. The highest BCUT2D eigenvalue weighted by Gasteiger charge is 2.14. The zero-order valence-corrected chi connectivity index (χ0v) is 12.7. The van der Waals surface area contributed by atoms with Crippen molar-refractivity contribution in [1.82, 2.24) is 10.2 Å². The predicted molar refractivity (Wildman–Crippen MR) is 87.7 cm³/mol. The van der Waals surface area contributed by atoms with Crippen LogP contribution in [0.5, 0.6) is 5.75 Å². The molecule has 1 heterocycles. The highest BCUT2D eigenvalue weighted by Crippen LogP contribution is 2.32. The van der Waals surface area contributed by atoms with Gasteiger partial charge in [-0.25, -0.2) is 0 Å². The molecule has 3 rings (SSSR count). The number of likely N-dealkylation sites (tertiary alicyclic amines) is 1. The van der Waals surface area contributed by atoms with E-state index in [1.165, 1.54) is 25.9 Å². The van der Waals surface area contributed by atoms with E-state index in [-0.39, 0.29) is 6.04 Å². The minimum Gasteiger partial charge on any atom is -0.507 e. The molecule has 3 nitrogen and oxygen atoms in total. The molecule has 0 aromatic heterocycles. The Morgan fingerprint density at radius 2 is 1.90 bits per heavy atom. The summed E-state index contributed by atoms with van der Waals surface area (Å²) in [5.41, 5.74) is 0.982. The molecule has 0 saturated carbocycles. The molecule has 0 amide bonds. The van der Waals surface area contributed by atoms with Gasteiger partial charge in [-0.05, 0) is 38.2 Å². The van der Waals surface area contributed by atoms with Crippen molar-refractivity contribution in [2.45, 2.75) is 25.8 Å². The van der Waals surface area contributed by atoms with Gasteiger partial charge in [0.1, 0.15) is 5.75 Å². The molecule has 112 valence electrons. The van der Waals surface area contributed by atoms with Gasteiger partial charge in [-0.3, -0.25) is 0 Å². The van der Waals surface area contributed by atoms with Gasteiger partial charge in [-0.2, -0.15) is 0 Å². The van der Waals surface area contributed by atoms with Crippen LogP contribution in [0.1, 0.15) is 31.4 Å². The Kier molecular flexibility index (Phi) is 4.42. The van der Waals surface area contributed by atoms with Crippen molar-refractivity contribution in [2.24, 2.45) is 0 Å². The van der Waals surface area contributed by atoms with Crippen molar-refractivity contribution in [3.8, 4) is 5.75 Å². The maximum absolute atomic E-state index is 10.5. The highest BCUT2D eigenvalue weighted by molar-refractivity contribution is 5.89. The van der Waals surface area contributed by atoms with Crippen molar-refractivity contribution in [1.29, 1.82) is 0 Å². The zero-order valence-electron chi connectivity index (χ0n) is 12.7. The molecule has 1 unspecified atom stereocenters. The van der Waals surface area contributed by atoms with E-state index < -0.39 is 0 Å². The van der Waals surface area contributed by atoms with Crippen LogP contribution < -0.4 is 5.32 Å². The molecule has 0 aliphatic carbocycles. The molecule has 0 radical (unpaired) electrons. The molecule has 1 aliphatic rings. The van der Waals surface area contributed by atoms with Crippen LogP contribution in [0.2, 0.25) is 0 Å². The second-order valence-corrected chi connectivity index (χ2v) is 5.95. The number of fused-ring (bicyclic) bond motifs is 1. The molecule has 1 atom stereocenters. The number of rotatable bonds is 5. The molecule has 0 bridgehead atoms. The molecule has 1 fully saturated rings. The summed E-state index contributed by atoms with van der Waals surface area (Å²) in [5.74, 6) is 0.411. The van der Waals surface area contributed by atoms with Crippen LogP contribution in [0.15, 0.2) is 36.4 Å². The van der Waals surface area contributed by atoms with Crippen LogP contribution in [-0.4, -0.2) is 36.2 Å². The Labute approximate surface area is 126 Å². The molecular weight excluding hydrogens is 260 g/mol. The van der Waals surface area contributed by atoms with Gasteiger partial charge in [0, 0.05) is 30.1 Å². The third-order valence-electron chi connectivity index (χ3n) is 4.48. The van der Waals surface area contributed by atoms with Crippen molar-refractivity contribution in [2.75, 3.05) is 26.2 Å². The zero-order chi connectivity index (χ0) is 14.7. The Bertz CT molecular complexity index is 605. The average Bonchev–Trinajstić information content (AvgIpc) is 3.01. The lowest BCUT2D eigenvalue weighted by molar-refractivity contribution is 0.329. The van der Waals surface area contributed by atoms with Crippen LogP contribution in [0.25, 0.3) is 10.8 Å². The lowest BCUT2D eigenvalue weighted by Gasteiger charge is -2.20. The molecule has 2 N–H and O–H groups in total. The van der Waals surface area contributed by atoms with E-state index in [1.807, 2.05) is 30.3 Å². The van der Waals surface area contributed by atoms with Gasteiger partial charge in [0.15, 0.2) is 0 Å². The van der Waals surface area contributed by atoms with Gasteiger partial charge in [0.05, 0.1) is 0 Å². The minimum atomic E-state index is 0.164. The molecule has 2 aromatic rings. The first-order chi connectivity index (χ1) is 10.3. The van der Waals surface area contributed by atoms with Crippen LogP contribution in [0.3, 0.4) is 0 Å². The van der Waals surface area contributed by atoms with E-state index in [2.05, 4.69) is 23.2 Å². The second-order valence-electron chi connectivity index (χ2n) is 5.95. The lowest BCUT2D eigenvalue weighted by atomic mass is 10.0. The summed E-state index contributed by atoms with van der Waals surface area (Å²) in [7, 11) is 0. The first-order valence-electron chi connectivity index (χ1n) is 7.92. The summed E-state index contributed by atoms with van der Waals surface area (Å²) < 4.78 is 0. The average molecular weight is 284 g/mol. The lowest BCUT2D eigenvalue weighted by Crippen LogP contribution is -2.31. The van der Waals surface area contributed by atoms with Crippen LogP contribution in [0.4, 0.5) is 0 Å². The molecule has 1 saturated heterocycles. The van der Waals surface area contributed by atoms with Gasteiger partial charge >= 0.3 is 0 Å².